The molecule has 0 unspecified atom stereocenters. The minimum atomic E-state index is 0.787. The van der Waals surface area contributed by atoms with E-state index in [1.54, 1.807) is 6.20 Å². The van der Waals surface area contributed by atoms with Crippen molar-refractivity contribution >= 4 is 5.69 Å². The van der Waals surface area contributed by atoms with Crippen LogP contribution in [0.15, 0.2) is 18.5 Å². The smallest absolute Gasteiger partial charge is 0.0825 e. The van der Waals surface area contributed by atoms with E-state index in [1.807, 2.05) is 35.5 Å². The molecule has 15 heavy (non-hydrogen) atoms. The molecule has 0 aromatic carbocycles. The summed E-state index contributed by atoms with van der Waals surface area (Å²) in [4.78, 5) is 0. The van der Waals surface area contributed by atoms with Gasteiger partial charge in [0.1, 0.15) is 0 Å². The van der Waals surface area contributed by atoms with E-state index in [0.29, 0.717) is 0 Å². The Morgan fingerprint density at radius 2 is 2.13 bits per heavy atom. The van der Waals surface area contributed by atoms with Crippen LogP contribution in [0.2, 0.25) is 0 Å². The fourth-order valence-electron chi connectivity index (χ4n) is 1.56. The summed E-state index contributed by atoms with van der Waals surface area (Å²) in [6.07, 6.45) is 3.71. The summed E-state index contributed by atoms with van der Waals surface area (Å²) in [7, 11) is 0. The van der Waals surface area contributed by atoms with E-state index < -0.39 is 0 Å². The number of hydrogen-bond donors (Lipinski definition) is 1. The highest BCUT2D eigenvalue weighted by molar-refractivity contribution is 5.46. The van der Waals surface area contributed by atoms with Crippen LogP contribution in [0.5, 0.6) is 0 Å². The number of rotatable bonds is 3. The fraction of sp³-hybridized carbons (Fsp3) is 0.400. The molecule has 0 saturated carbocycles. The van der Waals surface area contributed by atoms with Crippen molar-refractivity contribution in [2.45, 2.75) is 26.9 Å². The third kappa shape index (κ3) is 1.86. The summed E-state index contributed by atoms with van der Waals surface area (Å²) < 4.78 is 3.80. The molecule has 2 aromatic rings. The van der Waals surface area contributed by atoms with Crippen LogP contribution in [0.3, 0.4) is 0 Å². The normalized spacial score (nSPS) is 10.8. The molecule has 0 saturated heterocycles. The largest absolute Gasteiger partial charge is 0.396 e. The lowest BCUT2D eigenvalue weighted by atomic mass is 10.3. The van der Waals surface area contributed by atoms with E-state index in [4.69, 9.17) is 5.73 Å². The summed E-state index contributed by atoms with van der Waals surface area (Å²) in [6, 6.07) is 1.91. The van der Waals surface area contributed by atoms with Crippen molar-refractivity contribution in [1.29, 1.82) is 0 Å². The van der Waals surface area contributed by atoms with Gasteiger partial charge in [-0.3, -0.25) is 9.36 Å². The maximum Gasteiger partial charge on any atom is 0.0825 e. The van der Waals surface area contributed by atoms with Crippen molar-refractivity contribution in [2.75, 3.05) is 5.73 Å². The monoisotopic (exact) mass is 205 g/mol. The first kappa shape index (κ1) is 9.76. The lowest BCUT2D eigenvalue weighted by Crippen LogP contribution is -2.10. The summed E-state index contributed by atoms with van der Waals surface area (Å²) in [5, 5.41) is 8.49. The van der Waals surface area contributed by atoms with Crippen LogP contribution in [0.1, 0.15) is 11.4 Å². The van der Waals surface area contributed by atoms with E-state index in [-0.39, 0.29) is 0 Å². The van der Waals surface area contributed by atoms with Gasteiger partial charge in [-0.05, 0) is 19.9 Å². The zero-order valence-electron chi connectivity index (χ0n) is 9.01. The predicted molar refractivity (Wildman–Crippen MR) is 58.3 cm³/mol. The van der Waals surface area contributed by atoms with Crippen LogP contribution < -0.4 is 5.73 Å². The lowest BCUT2D eigenvalue weighted by molar-refractivity contribution is 0.491. The molecule has 2 heterocycles. The molecule has 0 amide bonds. The molecule has 5 nitrogen and oxygen atoms in total. The van der Waals surface area contributed by atoms with Crippen molar-refractivity contribution in [3.8, 4) is 0 Å². The minimum absolute atomic E-state index is 0.787. The Balaban J connectivity index is 2.08. The fourth-order valence-corrected chi connectivity index (χ4v) is 1.56. The van der Waals surface area contributed by atoms with Crippen LogP contribution in [0.25, 0.3) is 0 Å². The molecule has 5 heteroatoms. The molecular formula is C10H15N5. The highest BCUT2D eigenvalue weighted by Crippen LogP contribution is 2.14. The number of hydrogen-bond acceptors (Lipinski definition) is 3. The van der Waals surface area contributed by atoms with Crippen LogP contribution in [-0.4, -0.2) is 19.6 Å². The zero-order chi connectivity index (χ0) is 10.8. The van der Waals surface area contributed by atoms with Crippen molar-refractivity contribution in [3.63, 3.8) is 0 Å². The quantitative estimate of drug-likeness (QED) is 0.812. The Morgan fingerprint density at radius 1 is 1.33 bits per heavy atom. The van der Waals surface area contributed by atoms with Gasteiger partial charge in [-0.25, -0.2) is 0 Å². The maximum absolute atomic E-state index is 5.85. The lowest BCUT2D eigenvalue weighted by Gasteiger charge is -2.04. The van der Waals surface area contributed by atoms with Gasteiger partial charge in [-0.15, -0.1) is 0 Å². The van der Waals surface area contributed by atoms with Gasteiger partial charge in [-0.2, -0.15) is 10.2 Å². The number of nitrogens with two attached hydrogens (primary N) is 1. The Labute approximate surface area is 88.5 Å². The number of nitrogen functional groups attached to an aromatic ring is 1. The first-order valence-electron chi connectivity index (χ1n) is 4.95. The Morgan fingerprint density at radius 3 is 2.67 bits per heavy atom. The predicted octanol–water partition coefficient (Wildman–Crippen LogP) is 0.979. The second kappa shape index (κ2) is 3.76. The molecule has 0 atom stereocenters. The first-order chi connectivity index (χ1) is 7.18. The Hall–Kier alpha value is -1.78. The molecule has 0 fully saturated rings. The standard InChI is InChI=1S/C10H15N5/c1-8-10(11)9(2)15(13-8)7-6-14-5-3-4-12-14/h3-5H,6-7,11H2,1-2H3. The Bertz CT molecular complexity index is 441. The zero-order valence-corrected chi connectivity index (χ0v) is 9.01. The van der Waals surface area contributed by atoms with Gasteiger partial charge in [0.2, 0.25) is 0 Å². The van der Waals surface area contributed by atoms with Gasteiger partial charge in [0, 0.05) is 12.4 Å². The molecule has 0 radical (unpaired) electrons. The van der Waals surface area contributed by atoms with E-state index >= 15 is 0 Å². The van der Waals surface area contributed by atoms with Gasteiger partial charge >= 0.3 is 0 Å². The molecule has 0 aliphatic carbocycles. The third-order valence-electron chi connectivity index (χ3n) is 2.54. The molecule has 0 aliphatic rings. The van der Waals surface area contributed by atoms with Crippen molar-refractivity contribution < 1.29 is 0 Å². The highest BCUT2D eigenvalue weighted by atomic mass is 15.3. The SMILES string of the molecule is Cc1nn(CCn2cccn2)c(C)c1N. The molecule has 80 valence electrons. The average molecular weight is 205 g/mol. The van der Waals surface area contributed by atoms with Crippen molar-refractivity contribution in [3.05, 3.63) is 29.8 Å². The number of anilines is 1. The van der Waals surface area contributed by atoms with Crippen LogP contribution in [0, 0.1) is 13.8 Å². The average Bonchev–Trinajstić information content (AvgIpc) is 2.80. The molecule has 2 aromatic heterocycles. The second-order valence-electron chi connectivity index (χ2n) is 3.58. The van der Waals surface area contributed by atoms with Crippen LogP contribution >= 0.6 is 0 Å². The number of nitrogens with zero attached hydrogens (tertiary/aromatic N) is 4. The number of aromatic nitrogens is 4. The molecule has 2 N–H and O–H groups in total. The highest BCUT2D eigenvalue weighted by Gasteiger charge is 2.07. The van der Waals surface area contributed by atoms with Crippen LogP contribution in [0.4, 0.5) is 5.69 Å². The summed E-state index contributed by atoms with van der Waals surface area (Å²) >= 11 is 0. The van der Waals surface area contributed by atoms with Gasteiger partial charge in [0.15, 0.2) is 0 Å². The molecule has 0 spiro atoms. The van der Waals surface area contributed by atoms with Gasteiger partial charge in [0.05, 0.1) is 30.2 Å². The van der Waals surface area contributed by atoms with Crippen LogP contribution in [-0.2, 0) is 13.1 Å². The van der Waals surface area contributed by atoms with E-state index in [1.165, 1.54) is 0 Å². The molecule has 0 bridgehead atoms. The summed E-state index contributed by atoms with van der Waals surface area (Å²) in [6.45, 7) is 5.52. The van der Waals surface area contributed by atoms with Gasteiger partial charge < -0.3 is 5.73 Å². The van der Waals surface area contributed by atoms with Crippen molar-refractivity contribution in [2.24, 2.45) is 0 Å². The molecular weight excluding hydrogens is 190 g/mol. The second-order valence-corrected chi connectivity index (χ2v) is 3.58. The van der Waals surface area contributed by atoms with E-state index in [2.05, 4.69) is 10.2 Å². The van der Waals surface area contributed by atoms with E-state index in [9.17, 15) is 0 Å². The first-order valence-corrected chi connectivity index (χ1v) is 4.95. The Kier molecular flexibility index (Phi) is 2.45. The summed E-state index contributed by atoms with van der Waals surface area (Å²) in [5.41, 5.74) is 8.56. The van der Waals surface area contributed by atoms with Gasteiger partial charge in [0.25, 0.3) is 0 Å². The maximum atomic E-state index is 5.85. The minimum Gasteiger partial charge on any atom is -0.396 e. The molecule has 0 aliphatic heterocycles. The van der Waals surface area contributed by atoms with Gasteiger partial charge in [-0.1, -0.05) is 0 Å². The summed E-state index contributed by atoms with van der Waals surface area (Å²) in [5.74, 6) is 0. The topological polar surface area (TPSA) is 61.7 Å². The number of aryl methyl sites for hydroxylation is 3. The molecule has 2 rings (SSSR count). The third-order valence-corrected chi connectivity index (χ3v) is 2.54. The van der Waals surface area contributed by atoms with E-state index in [0.717, 1.165) is 30.2 Å². The van der Waals surface area contributed by atoms with Crippen molar-refractivity contribution in [1.82, 2.24) is 19.6 Å².